The van der Waals surface area contributed by atoms with Crippen LogP contribution in [0, 0.1) is 20.8 Å². The van der Waals surface area contributed by atoms with Crippen molar-refractivity contribution < 1.29 is 9.53 Å². The first-order chi connectivity index (χ1) is 12.5. The molecule has 0 fully saturated rings. The Balaban J connectivity index is 1.57. The average molecular weight is 348 g/mol. The van der Waals surface area contributed by atoms with Crippen LogP contribution in [0.25, 0.3) is 5.69 Å². The van der Waals surface area contributed by atoms with E-state index in [0.29, 0.717) is 18.4 Å². The number of aryl methyl sites for hydroxylation is 3. The topological polar surface area (TPSA) is 69.0 Å². The molecular formula is C20H20N4O2. The van der Waals surface area contributed by atoms with Gasteiger partial charge in [0, 0.05) is 5.56 Å². The Bertz CT molecular complexity index is 979. The fourth-order valence-electron chi connectivity index (χ4n) is 3.14. The number of hydrogen-bond acceptors (Lipinski definition) is 4. The molecular weight excluding hydrogens is 328 g/mol. The number of rotatable bonds is 3. The van der Waals surface area contributed by atoms with Crippen LogP contribution >= 0.6 is 0 Å². The van der Waals surface area contributed by atoms with Gasteiger partial charge >= 0.3 is 0 Å². The van der Waals surface area contributed by atoms with Gasteiger partial charge in [-0.3, -0.25) is 10.1 Å². The van der Waals surface area contributed by atoms with Crippen molar-refractivity contribution in [1.29, 1.82) is 0 Å². The minimum atomic E-state index is -0.353. The van der Waals surface area contributed by atoms with E-state index in [9.17, 15) is 4.79 Å². The molecule has 3 aromatic rings. The molecule has 0 saturated carbocycles. The van der Waals surface area contributed by atoms with E-state index in [0.717, 1.165) is 28.1 Å². The number of aromatic nitrogens is 3. The highest BCUT2D eigenvalue weighted by Crippen LogP contribution is 2.36. The van der Waals surface area contributed by atoms with Crippen LogP contribution in [-0.2, 0) is 4.79 Å². The third-order valence-corrected chi connectivity index (χ3v) is 4.73. The standard InChI is InChI=1S/C20H20N4O2/c1-12-9-16-17(11-26-18(16)10-13(12)2)19(25)22-20-21-14(3)24(23-20)15-7-5-4-6-8-15/h4-10,17H,11H2,1-3H3,(H,22,23,25). The maximum Gasteiger partial charge on any atom is 0.249 e. The SMILES string of the molecule is Cc1cc2c(cc1C)C(C(=O)Nc1nc(C)n(-c3ccccc3)n1)CO2. The van der Waals surface area contributed by atoms with Crippen LogP contribution < -0.4 is 10.1 Å². The van der Waals surface area contributed by atoms with Crippen LogP contribution in [0.5, 0.6) is 5.75 Å². The second kappa shape index (κ2) is 6.29. The molecule has 2 aromatic carbocycles. The number of amides is 1. The minimum Gasteiger partial charge on any atom is -0.492 e. The lowest BCUT2D eigenvalue weighted by molar-refractivity contribution is -0.117. The first-order valence-electron chi connectivity index (χ1n) is 8.57. The normalized spacial score (nSPS) is 15.4. The van der Waals surface area contributed by atoms with E-state index in [2.05, 4.69) is 15.4 Å². The number of fused-ring (bicyclic) bond motifs is 1. The van der Waals surface area contributed by atoms with Gasteiger partial charge in [0.1, 0.15) is 24.1 Å². The molecule has 0 radical (unpaired) electrons. The molecule has 26 heavy (non-hydrogen) atoms. The molecule has 0 spiro atoms. The van der Waals surface area contributed by atoms with Crippen molar-refractivity contribution in [3.63, 3.8) is 0 Å². The zero-order valence-corrected chi connectivity index (χ0v) is 15.0. The molecule has 1 aliphatic rings. The van der Waals surface area contributed by atoms with Gasteiger partial charge in [0.15, 0.2) is 0 Å². The molecule has 4 rings (SSSR count). The molecule has 1 unspecified atom stereocenters. The van der Waals surface area contributed by atoms with Crippen molar-refractivity contribution in [2.45, 2.75) is 26.7 Å². The van der Waals surface area contributed by atoms with E-state index in [1.165, 1.54) is 0 Å². The third kappa shape index (κ3) is 2.83. The highest BCUT2D eigenvalue weighted by molar-refractivity contribution is 5.95. The summed E-state index contributed by atoms with van der Waals surface area (Å²) < 4.78 is 7.41. The lowest BCUT2D eigenvalue weighted by atomic mass is 9.96. The number of anilines is 1. The van der Waals surface area contributed by atoms with Gasteiger partial charge < -0.3 is 4.74 Å². The summed E-state index contributed by atoms with van der Waals surface area (Å²) in [6.45, 7) is 6.27. The van der Waals surface area contributed by atoms with Crippen molar-refractivity contribution >= 4 is 11.9 Å². The van der Waals surface area contributed by atoms with Gasteiger partial charge in [-0.05, 0) is 50.1 Å². The molecule has 1 amide bonds. The largest absolute Gasteiger partial charge is 0.492 e. The Morgan fingerprint density at radius 1 is 1.15 bits per heavy atom. The Kier molecular flexibility index (Phi) is 3.95. The van der Waals surface area contributed by atoms with Gasteiger partial charge in [-0.1, -0.05) is 24.3 Å². The highest BCUT2D eigenvalue weighted by atomic mass is 16.5. The Morgan fingerprint density at radius 3 is 2.65 bits per heavy atom. The Morgan fingerprint density at radius 2 is 1.88 bits per heavy atom. The number of para-hydroxylation sites is 1. The highest BCUT2D eigenvalue weighted by Gasteiger charge is 2.31. The summed E-state index contributed by atoms with van der Waals surface area (Å²) >= 11 is 0. The van der Waals surface area contributed by atoms with Crippen LogP contribution in [-0.4, -0.2) is 27.3 Å². The minimum absolute atomic E-state index is 0.155. The van der Waals surface area contributed by atoms with Gasteiger partial charge in [-0.15, -0.1) is 5.10 Å². The van der Waals surface area contributed by atoms with Crippen LogP contribution in [0.15, 0.2) is 42.5 Å². The first-order valence-corrected chi connectivity index (χ1v) is 8.57. The van der Waals surface area contributed by atoms with Crippen molar-refractivity contribution in [2.24, 2.45) is 0 Å². The van der Waals surface area contributed by atoms with E-state index < -0.39 is 0 Å². The summed E-state index contributed by atoms with van der Waals surface area (Å²) in [5.74, 6) is 1.28. The zero-order valence-electron chi connectivity index (χ0n) is 15.0. The number of hydrogen-bond donors (Lipinski definition) is 1. The molecule has 2 heterocycles. The zero-order chi connectivity index (χ0) is 18.3. The van der Waals surface area contributed by atoms with E-state index in [4.69, 9.17) is 4.74 Å². The molecule has 0 bridgehead atoms. The predicted molar refractivity (Wildman–Crippen MR) is 98.9 cm³/mol. The predicted octanol–water partition coefficient (Wildman–Crippen LogP) is 3.31. The molecule has 132 valence electrons. The van der Waals surface area contributed by atoms with Crippen LogP contribution in [0.1, 0.15) is 28.4 Å². The lowest BCUT2D eigenvalue weighted by Crippen LogP contribution is -2.23. The van der Waals surface area contributed by atoms with E-state index in [-0.39, 0.29) is 11.8 Å². The number of carbonyl (C=O) groups is 1. The second-order valence-corrected chi connectivity index (χ2v) is 6.56. The van der Waals surface area contributed by atoms with Gasteiger partial charge in [0.2, 0.25) is 11.9 Å². The van der Waals surface area contributed by atoms with Gasteiger partial charge in [0.25, 0.3) is 0 Å². The summed E-state index contributed by atoms with van der Waals surface area (Å²) in [7, 11) is 0. The number of ether oxygens (including phenoxy) is 1. The molecule has 0 aliphatic carbocycles. The third-order valence-electron chi connectivity index (χ3n) is 4.73. The maximum absolute atomic E-state index is 12.8. The van der Waals surface area contributed by atoms with Crippen molar-refractivity contribution in [2.75, 3.05) is 11.9 Å². The lowest BCUT2D eigenvalue weighted by Gasteiger charge is -2.09. The van der Waals surface area contributed by atoms with Gasteiger partial charge in [-0.2, -0.15) is 4.98 Å². The Labute approximate surface area is 151 Å². The monoisotopic (exact) mass is 348 g/mol. The fourth-order valence-corrected chi connectivity index (χ4v) is 3.14. The molecule has 1 aromatic heterocycles. The summed E-state index contributed by atoms with van der Waals surface area (Å²) in [6, 6.07) is 13.7. The molecule has 1 N–H and O–H groups in total. The fraction of sp³-hybridized carbons (Fsp3) is 0.250. The van der Waals surface area contributed by atoms with Crippen molar-refractivity contribution in [1.82, 2.24) is 14.8 Å². The quantitative estimate of drug-likeness (QED) is 0.788. The van der Waals surface area contributed by atoms with Crippen LogP contribution in [0.3, 0.4) is 0 Å². The van der Waals surface area contributed by atoms with Crippen LogP contribution in [0.4, 0.5) is 5.95 Å². The first kappa shape index (κ1) is 16.3. The number of carbonyl (C=O) groups excluding carboxylic acids is 1. The number of benzene rings is 2. The summed E-state index contributed by atoms with van der Waals surface area (Å²) in [6.07, 6.45) is 0. The summed E-state index contributed by atoms with van der Waals surface area (Å²) in [4.78, 5) is 17.1. The summed E-state index contributed by atoms with van der Waals surface area (Å²) in [5.41, 5.74) is 4.13. The second-order valence-electron chi connectivity index (χ2n) is 6.56. The smallest absolute Gasteiger partial charge is 0.249 e. The number of nitrogens with zero attached hydrogens (tertiary/aromatic N) is 3. The van der Waals surface area contributed by atoms with E-state index in [1.54, 1.807) is 4.68 Å². The average Bonchev–Trinajstić information content (AvgIpc) is 3.19. The molecule has 1 aliphatic heterocycles. The molecule has 1 atom stereocenters. The molecule has 0 saturated heterocycles. The number of nitrogens with one attached hydrogen (secondary N) is 1. The van der Waals surface area contributed by atoms with Gasteiger partial charge in [0.05, 0.1) is 5.69 Å². The van der Waals surface area contributed by atoms with E-state index in [1.807, 2.05) is 63.2 Å². The Hall–Kier alpha value is -3.15. The van der Waals surface area contributed by atoms with Gasteiger partial charge in [-0.25, -0.2) is 4.68 Å². The molecule has 6 heteroatoms. The van der Waals surface area contributed by atoms with E-state index >= 15 is 0 Å². The van der Waals surface area contributed by atoms with Crippen LogP contribution in [0.2, 0.25) is 0 Å². The molecule has 6 nitrogen and oxygen atoms in total. The maximum atomic E-state index is 12.8. The van der Waals surface area contributed by atoms with Crippen molar-refractivity contribution in [3.05, 3.63) is 65.0 Å². The summed E-state index contributed by atoms with van der Waals surface area (Å²) in [5, 5.41) is 7.24. The van der Waals surface area contributed by atoms with Crippen molar-refractivity contribution in [3.8, 4) is 11.4 Å².